The Kier molecular flexibility index (Phi) is 7.41. The second kappa shape index (κ2) is 9.54. The molecule has 0 aromatic carbocycles. The topological polar surface area (TPSA) is 104 Å². The average molecular weight is 368 g/mol. The summed E-state index contributed by atoms with van der Waals surface area (Å²) in [6, 6.07) is -1.19. The minimum atomic E-state index is -0.954. The largest absolute Gasteiger partial charge is 0.480 e. The maximum absolute atomic E-state index is 12.4. The molecular weight excluding hydrogens is 340 g/mol. The van der Waals surface area contributed by atoms with Crippen LogP contribution in [0.15, 0.2) is 0 Å². The fourth-order valence-electron chi connectivity index (χ4n) is 3.71. The van der Waals surface area contributed by atoms with Crippen LogP contribution in [-0.2, 0) is 23.9 Å². The Hall–Kier alpha value is -2.12. The minimum absolute atomic E-state index is 0.0856. The van der Waals surface area contributed by atoms with Gasteiger partial charge in [0.15, 0.2) is 0 Å². The lowest BCUT2D eigenvalue weighted by Gasteiger charge is -2.23. The number of carbonyl (C=O) groups is 4. The second-order valence-corrected chi connectivity index (χ2v) is 6.79. The molecule has 0 saturated carbocycles. The van der Waals surface area contributed by atoms with Crippen LogP contribution in [0.5, 0.6) is 0 Å². The van der Waals surface area contributed by atoms with Crippen LogP contribution in [0.2, 0.25) is 0 Å². The molecule has 8 heteroatoms. The van der Waals surface area contributed by atoms with Crippen LogP contribution in [0.25, 0.3) is 0 Å². The van der Waals surface area contributed by atoms with Crippen molar-refractivity contribution in [2.24, 2.45) is 0 Å². The van der Waals surface area contributed by atoms with Crippen molar-refractivity contribution < 1.29 is 29.0 Å². The van der Waals surface area contributed by atoms with E-state index in [1.165, 1.54) is 4.90 Å². The predicted molar refractivity (Wildman–Crippen MR) is 92.2 cm³/mol. The molecule has 2 saturated heterocycles. The van der Waals surface area contributed by atoms with Gasteiger partial charge in [-0.15, -0.1) is 0 Å². The quantitative estimate of drug-likeness (QED) is 0.509. The van der Waals surface area contributed by atoms with E-state index in [-0.39, 0.29) is 30.6 Å². The van der Waals surface area contributed by atoms with Crippen LogP contribution in [0.1, 0.15) is 58.3 Å². The number of amides is 2. The fourth-order valence-corrected chi connectivity index (χ4v) is 3.71. The molecule has 0 aromatic rings. The first-order valence-electron chi connectivity index (χ1n) is 9.44. The number of likely N-dealkylation sites (tertiary alicyclic amines) is 2. The summed E-state index contributed by atoms with van der Waals surface area (Å²) in [5, 5.41) is 9.12. The molecule has 2 fully saturated rings. The van der Waals surface area contributed by atoms with Gasteiger partial charge in [0.05, 0.1) is 6.61 Å². The Morgan fingerprint density at radius 2 is 1.42 bits per heavy atom. The molecule has 26 heavy (non-hydrogen) atoms. The van der Waals surface area contributed by atoms with Crippen molar-refractivity contribution in [3.05, 3.63) is 0 Å². The molecule has 2 amide bonds. The normalized spacial score (nSPS) is 22.5. The van der Waals surface area contributed by atoms with Gasteiger partial charge in [0.1, 0.15) is 12.1 Å². The van der Waals surface area contributed by atoms with Crippen LogP contribution in [0, 0.1) is 0 Å². The lowest BCUT2D eigenvalue weighted by Crippen LogP contribution is -2.41. The van der Waals surface area contributed by atoms with Gasteiger partial charge in [-0.05, 0) is 45.4 Å². The molecule has 0 aliphatic carbocycles. The van der Waals surface area contributed by atoms with E-state index in [2.05, 4.69) is 0 Å². The predicted octanol–water partition coefficient (Wildman–Crippen LogP) is 1.18. The SMILES string of the molecule is CCOC(=O)[C@H]1CCCN1C(=O)CCCCC(=O)N1CCC[C@@H]1C(=O)O. The Morgan fingerprint density at radius 1 is 0.923 bits per heavy atom. The van der Waals surface area contributed by atoms with Crippen LogP contribution in [0.3, 0.4) is 0 Å². The van der Waals surface area contributed by atoms with E-state index in [1.807, 2.05) is 0 Å². The van der Waals surface area contributed by atoms with Crippen molar-refractivity contribution in [2.75, 3.05) is 19.7 Å². The maximum Gasteiger partial charge on any atom is 0.328 e. The highest BCUT2D eigenvalue weighted by Gasteiger charge is 2.35. The highest BCUT2D eigenvalue weighted by Crippen LogP contribution is 2.22. The standard InChI is InChI=1S/C18H28N2O6/c1-2-26-18(25)14-8-6-12-20(14)16(22)10-4-3-9-15(21)19-11-5-7-13(19)17(23)24/h13-14H,2-12H2,1H3,(H,23,24)/t13-,14-/m1/s1. The summed E-state index contributed by atoms with van der Waals surface area (Å²) in [5.41, 5.74) is 0. The van der Waals surface area contributed by atoms with Gasteiger partial charge >= 0.3 is 11.9 Å². The summed E-state index contributed by atoms with van der Waals surface area (Å²) in [6.07, 6.45) is 4.25. The lowest BCUT2D eigenvalue weighted by atomic mass is 10.1. The molecule has 146 valence electrons. The monoisotopic (exact) mass is 368 g/mol. The zero-order valence-corrected chi connectivity index (χ0v) is 15.3. The molecule has 2 heterocycles. The number of unbranched alkanes of at least 4 members (excludes halogenated alkanes) is 1. The van der Waals surface area contributed by atoms with Crippen molar-refractivity contribution in [2.45, 2.75) is 70.4 Å². The lowest BCUT2D eigenvalue weighted by molar-refractivity contribution is -0.153. The first-order chi connectivity index (χ1) is 12.5. The summed E-state index contributed by atoms with van der Waals surface area (Å²) in [6.45, 7) is 3.09. The molecular formula is C18H28N2O6. The second-order valence-electron chi connectivity index (χ2n) is 6.79. The average Bonchev–Trinajstić information content (AvgIpc) is 3.27. The number of ether oxygens (including phenoxy) is 1. The Bertz CT molecular complexity index is 550. The Labute approximate surface area is 153 Å². The van der Waals surface area contributed by atoms with E-state index >= 15 is 0 Å². The molecule has 0 bridgehead atoms. The molecule has 2 atom stereocenters. The van der Waals surface area contributed by atoms with Gasteiger partial charge in [-0.1, -0.05) is 0 Å². The molecule has 0 radical (unpaired) electrons. The molecule has 0 unspecified atom stereocenters. The zero-order chi connectivity index (χ0) is 19.1. The van der Waals surface area contributed by atoms with Crippen molar-refractivity contribution in [3.63, 3.8) is 0 Å². The van der Waals surface area contributed by atoms with E-state index in [9.17, 15) is 19.2 Å². The molecule has 0 aromatic heterocycles. The molecule has 2 aliphatic rings. The van der Waals surface area contributed by atoms with Crippen molar-refractivity contribution in [1.82, 2.24) is 9.80 Å². The Balaban J connectivity index is 1.72. The summed E-state index contributed by atoms with van der Waals surface area (Å²) in [4.78, 5) is 50.6. The highest BCUT2D eigenvalue weighted by molar-refractivity contribution is 5.85. The highest BCUT2D eigenvalue weighted by atomic mass is 16.5. The van der Waals surface area contributed by atoms with Gasteiger partial charge < -0.3 is 19.6 Å². The third-order valence-corrected chi connectivity index (χ3v) is 5.02. The van der Waals surface area contributed by atoms with Crippen molar-refractivity contribution >= 4 is 23.8 Å². The number of carbonyl (C=O) groups excluding carboxylic acids is 3. The minimum Gasteiger partial charge on any atom is -0.480 e. The van der Waals surface area contributed by atoms with E-state index in [4.69, 9.17) is 9.84 Å². The number of nitrogens with zero attached hydrogens (tertiary/aromatic N) is 2. The van der Waals surface area contributed by atoms with Gasteiger partial charge in [0, 0.05) is 25.9 Å². The van der Waals surface area contributed by atoms with Gasteiger partial charge in [-0.25, -0.2) is 9.59 Å². The van der Waals surface area contributed by atoms with Gasteiger partial charge in [0.2, 0.25) is 11.8 Å². The first-order valence-corrected chi connectivity index (χ1v) is 9.44. The van der Waals surface area contributed by atoms with Gasteiger partial charge in [0.25, 0.3) is 0 Å². The van der Waals surface area contributed by atoms with Crippen molar-refractivity contribution in [1.29, 1.82) is 0 Å². The van der Waals surface area contributed by atoms with Gasteiger partial charge in [-0.3, -0.25) is 9.59 Å². The van der Waals surface area contributed by atoms with E-state index in [0.717, 1.165) is 6.42 Å². The number of esters is 1. The zero-order valence-electron chi connectivity index (χ0n) is 15.3. The molecule has 2 aliphatic heterocycles. The van der Waals surface area contributed by atoms with Crippen LogP contribution >= 0.6 is 0 Å². The van der Waals surface area contributed by atoms with Crippen LogP contribution < -0.4 is 0 Å². The third kappa shape index (κ3) is 4.95. The number of aliphatic carboxylic acids is 1. The van der Waals surface area contributed by atoms with E-state index in [1.54, 1.807) is 11.8 Å². The molecule has 8 nitrogen and oxygen atoms in total. The molecule has 2 rings (SSSR count). The number of hydrogen-bond donors (Lipinski definition) is 1. The van der Waals surface area contributed by atoms with Gasteiger partial charge in [-0.2, -0.15) is 0 Å². The van der Waals surface area contributed by atoms with Crippen LogP contribution in [-0.4, -0.2) is 70.4 Å². The smallest absolute Gasteiger partial charge is 0.328 e. The third-order valence-electron chi connectivity index (χ3n) is 5.02. The van der Waals surface area contributed by atoms with Crippen LogP contribution in [0.4, 0.5) is 0 Å². The van der Waals surface area contributed by atoms with E-state index in [0.29, 0.717) is 51.8 Å². The van der Waals surface area contributed by atoms with Crippen molar-refractivity contribution in [3.8, 4) is 0 Å². The summed E-state index contributed by atoms with van der Waals surface area (Å²) in [7, 11) is 0. The maximum atomic E-state index is 12.4. The number of rotatable bonds is 8. The first kappa shape index (κ1) is 20.2. The molecule has 1 N–H and O–H groups in total. The summed E-state index contributed by atoms with van der Waals surface area (Å²) >= 11 is 0. The number of hydrogen-bond acceptors (Lipinski definition) is 5. The Morgan fingerprint density at radius 3 is 1.92 bits per heavy atom. The summed E-state index contributed by atoms with van der Waals surface area (Å²) in [5.74, 6) is -1.54. The summed E-state index contributed by atoms with van der Waals surface area (Å²) < 4.78 is 5.02. The number of carboxylic acid groups (broad SMARTS) is 1. The fraction of sp³-hybridized carbons (Fsp3) is 0.778. The molecule has 0 spiro atoms. The van der Waals surface area contributed by atoms with E-state index < -0.39 is 18.1 Å². The number of carboxylic acids is 1.